The third-order valence-corrected chi connectivity index (χ3v) is 2.68. The van der Waals surface area contributed by atoms with Crippen LogP contribution in [0.3, 0.4) is 0 Å². The fraction of sp³-hybridized carbons (Fsp3) is 0.455. The minimum Gasteiger partial charge on any atom is -0.370 e. The number of hydrogen-bond donors (Lipinski definition) is 1. The quantitative estimate of drug-likeness (QED) is 0.703. The van der Waals surface area contributed by atoms with E-state index in [1.165, 1.54) is 11.3 Å². The van der Waals surface area contributed by atoms with E-state index < -0.39 is 0 Å². The van der Waals surface area contributed by atoms with Crippen LogP contribution < -0.4 is 10.6 Å². The molecule has 0 aromatic heterocycles. The number of nitrogens with zero attached hydrogens (tertiary/aromatic N) is 1. The minimum atomic E-state index is 0.361. The topological polar surface area (TPSA) is 29.3 Å². The molecule has 1 saturated heterocycles. The highest BCUT2D eigenvalue weighted by atomic mass is 15.2. The van der Waals surface area contributed by atoms with E-state index in [1.54, 1.807) is 0 Å². The average Bonchev–Trinajstić information content (AvgIpc) is 2.53. The van der Waals surface area contributed by atoms with Crippen molar-refractivity contribution in [1.29, 1.82) is 0 Å². The van der Waals surface area contributed by atoms with Gasteiger partial charge in [0.2, 0.25) is 0 Å². The Morgan fingerprint density at radius 2 is 2.15 bits per heavy atom. The molecule has 0 radical (unpaired) electrons. The Labute approximate surface area is 79.4 Å². The molecule has 0 saturated carbocycles. The normalized spacial score (nSPS) is 22.3. The van der Waals surface area contributed by atoms with Gasteiger partial charge < -0.3 is 10.6 Å². The van der Waals surface area contributed by atoms with Gasteiger partial charge >= 0.3 is 0 Å². The smallest absolute Gasteiger partial charge is 0.0396 e. The van der Waals surface area contributed by atoms with E-state index in [9.17, 15) is 0 Å². The summed E-state index contributed by atoms with van der Waals surface area (Å²) in [5.41, 5.74) is 8.56. The second kappa shape index (κ2) is 3.38. The lowest BCUT2D eigenvalue weighted by Gasteiger charge is -2.20. The highest BCUT2D eigenvalue weighted by Crippen LogP contribution is 2.22. The molecule has 0 bridgehead atoms. The number of hydrogen-bond acceptors (Lipinski definition) is 2. The molecule has 1 fully saturated rings. The first-order valence-corrected chi connectivity index (χ1v) is 4.83. The fourth-order valence-electron chi connectivity index (χ4n) is 1.92. The summed E-state index contributed by atoms with van der Waals surface area (Å²) < 4.78 is 0. The van der Waals surface area contributed by atoms with Crippen LogP contribution in [-0.2, 0) is 0 Å². The van der Waals surface area contributed by atoms with Gasteiger partial charge in [0.1, 0.15) is 0 Å². The molecule has 70 valence electrons. The highest BCUT2D eigenvalue weighted by Gasteiger charge is 2.19. The van der Waals surface area contributed by atoms with Crippen molar-refractivity contribution < 1.29 is 0 Å². The van der Waals surface area contributed by atoms with Gasteiger partial charge in [0.25, 0.3) is 0 Å². The first kappa shape index (κ1) is 8.57. The summed E-state index contributed by atoms with van der Waals surface area (Å²) >= 11 is 0. The zero-order chi connectivity index (χ0) is 9.26. The van der Waals surface area contributed by atoms with Gasteiger partial charge in [-0.3, -0.25) is 0 Å². The van der Waals surface area contributed by atoms with E-state index >= 15 is 0 Å². The van der Waals surface area contributed by atoms with Crippen molar-refractivity contribution in [2.24, 2.45) is 5.73 Å². The first-order valence-electron chi connectivity index (χ1n) is 4.83. The Kier molecular flexibility index (Phi) is 2.23. The lowest BCUT2D eigenvalue weighted by Crippen LogP contribution is -2.26. The molecular weight excluding hydrogens is 160 g/mol. The molecule has 1 heterocycles. The number of nitrogens with two attached hydrogens (primary N) is 1. The summed E-state index contributed by atoms with van der Waals surface area (Å²) in [6.45, 7) is 4.26. The van der Waals surface area contributed by atoms with Crippen molar-refractivity contribution in [1.82, 2.24) is 0 Å². The van der Waals surface area contributed by atoms with Crippen molar-refractivity contribution in [3.63, 3.8) is 0 Å². The first-order chi connectivity index (χ1) is 6.27. The zero-order valence-electron chi connectivity index (χ0n) is 8.03. The van der Waals surface area contributed by atoms with E-state index in [1.807, 2.05) is 0 Å². The minimum absolute atomic E-state index is 0.361. The molecule has 2 rings (SSSR count). The monoisotopic (exact) mass is 176 g/mol. The second-order valence-electron chi connectivity index (χ2n) is 3.78. The molecule has 2 nitrogen and oxygen atoms in total. The zero-order valence-corrected chi connectivity index (χ0v) is 8.03. The van der Waals surface area contributed by atoms with Crippen molar-refractivity contribution in [2.45, 2.75) is 19.4 Å². The van der Waals surface area contributed by atoms with E-state index in [2.05, 4.69) is 36.1 Å². The molecule has 1 aliphatic rings. The number of benzene rings is 1. The number of aryl methyl sites for hydroxylation is 1. The number of para-hydroxylation sites is 1. The Morgan fingerprint density at radius 3 is 2.77 bits per heavy atom. The Bertz CT molecular complexity index is 296. The lowest BCUT2D eigenvalue weighted by atomic mass is 10.2. The molecule has 13 heavy (non-hydrogen) atoms. The van der Waals surface area contributed by atoms with Gasteiger partial charge in [-0.15, -0.1) is 0 Å². The molecular formula is C11H16N2. The van der Waals surface area contributed by atoms with Crippen LogP contribution in [0.2, 0.25) is 0 Å². The van der Waals surface area contributed by atoms with Crippen molar-refractivity contribution in [3.8, 4) is 0 Å². The predicted octanol–water partition coefficient (Wildman–Crippen LogP) is 1.53. The van der Waals surface area contributed by atoms with Gasteiger partial charge in [-0.05, 0) is 25.0 Å². The number of anilines is 1. The summed E-state index contributed by atoms with van der Waals surface area (Å²) in [4.78, 5) is 2.38. The third-order valence-electron chi connectivity index (χ3n) is 2.68. The summed E-state index contributed by atoms with van der Waals surface area (Å²) in [6, 6.07) is 8.85. The fourth-order valence-corrected chi connectivity index (χ4v) is 1.92. The molecule has 0 spiro atoms. The van der Waals surface area contributed by atoms with Gasteiger partial charge in [0.15, 0.2) is 0 Å². The standard InChI is InChI=1S/C11H16N2/c1-9-4-2-3-5-11(9)13-7-6-10(12)8-13/h2-5,10H,6-8,12H2,1H3/t10-/m0/s1. The van der Waals surface area contributed by atoms with Crippen LogP contribution in [0.5, 0.6) is 0 Å². The average molecular weight is 176 g/mol. The van der Waals surface area contributed by atoms with Crippen LogP contribution >= 0.6 is 0 Å². The second-order valence-corrected chi connectivity index (χ2v) is 3.78. The largest absolute Gasteiger partial charge is 0.370 e. The van der Waals surface area contributed by atoms with Crippen molar-refractivity contribution in [3.05, 3.63) is 29.8 Å². The van der Waals surface area contributed by atoms with E-state index in [-0.39, 0.29) is 0 Å². The van der Waals surface area contributed by atoms with E-state index in [0.29, 0.717) is 6.04 Å². The Hall–Kier alpha value is -1.02. The van der Waals surface area contributed by atoms with Gasteiger partial charge in [0, 0.05) is 24.8 Å². The van der Waals surface area contributed by atoms with Crippen LogP contribution in [0.15, 0.2) is 24.3 Å². The molecule has 0 amide bonds. The lowest BCUT2D eigenvalue weighted by molar-refractivity contribution is 0.752. The van der Waals surface area contributed by atoms with Crippen LogP contribution in [0.1, 0.15) is 12.0 Å². The van der Waals surface area contributed by atoms with Crippen molar-refractivity contribution >= 4 is 5.69 Å². The van der Waals surface area contributed by atoms with E-state index in [0.717, 1.165) is 19.5 Å². The number of rotatable bonds is 1. The van der Waals surface area contributed by atoms with Gasteiger partial charge in [-0.1, -0.05) is 18.2 Å². The third kappa shape index (κ3) is 1.68. The summed E-state index contributed by atoms with van der Waals surface area (Å²) in [6.07, 6.45) is 1.12. The molecule has 2 heteroatoms. The summed E-state index contributed by atoms with van der Waals surface area (Å²) in [5, 5.41) is 0. The maximum absolute atomic E-state index is 5.87. The van der Waals surface area contributed by atoms with Crippen LogP contribution in [0, 0.1) is 6.92 Å². The van der Waals surface area contributed by atoms with Gasteiger partial charge in [0.05, 0.1) is 0 Å². The maximum Gasteiger partial charge on any atom is 0.0396 e. The molecule has 2 N–H and O–H groups in total. The molecule has 1 aliphatic heterocycles. The maximum atomic E-state index is 5.87. The van der Waals surface area contributed by atoms with Gasteiger partial charge in [-0.2, -0.15) is 0 Å². The van der Waals surface area contributed by atoms with Gasteiger partial charge in [-0.25, -0.2) is 0 Å². The van der Waals surface area contributed by atoms with Crippen LogP contribution in [0.4, 0.5) is 5.69 Å². The molecule has 0 unspecified atom stereocenters. The molecule has 1 aromatic rings. The van der Waals surface area contributed by atoms with Crippen LogP contribution in [0.25, 0.3) is 0 Å². The predicted molar refractivity (Wildman–Crippen MR) is 56.0 cm³/mol. The molecule has 0 aliphatic carbocycles. The highest BCUT2D eigenvalue weighted by molar-refractivity contribution is 5.53. The summed E-state index contributed by atoms with van der Waals surface area (Å²) in [5.74, 6) is 0. The van der Waals surface area contributed by atoms with Crippen molar-refractivity contribution in [2.75, 3.05) is 18.0 Å². The Balaban J connectivity index is 2.21. The summed E-state index contributed by atoms with van der Waals surface area (Å²) in [7, 11) is 0. The molecule has 1 aromatic carbocycles. The van der Waals surface area contributed by atoms with E-state index in [4.69, 9.17) is 5.73 Å². The Morgan fingerprint density at radius 1 is 1.38 bits per heavy atom. The molecule has 1 atom stereocenters. The SMILES string of the molecule is Cc1ccccc1N1CC[C@H](N)C1. The van der Waals surface area contributed by atoms with Crippen LogP contribution in [-0.4, -0.2) is 19.1 Å².